The lowest BCUT2D eigenvalue weighted by atomic mass is 10.3. The molecule has 2 rings (SSSR count). The Labute approximate surface area is 140 Å². The summed E-state index contributed by atoms with van der Waals surface area (Å²) in [6.07, 6.45) is 2.12. The fourth-order valence-corrected chi connectivity index (χ4v) is 5.38. The lowest BCUT2D eigenvalue weighted by Crippen LogP contribution is -2.32. The monoisotopic (exact) mass is 439 g/mol. The predicted octanol–water partition coefficient (Wildman–Crippen LogP) is 1.74. The van der Waals surface area contributed by atoms with Crippen LogP contribution in [0, 0.1) is 0 Å². The van der Waals surface area contributed by atoms with E-state index in [9.17, 15) is 13.2 Å². The van der Waals surface area contributed by atoms with Crippen molar-refractivity contribution in [2.75, 3.05) is 12.3 Å². The molecule has 1 aromatic rings. The molecule has 1 saturated carbocycles. The van der Waals surface area contributed by atoms with Gasteiger partial charge in [0.2, 0.25) is 15.9 Å². The zero-order valence-electron chi connectivity index (χ0n) is 11.0. The summed E-state index contributed by atoms with van der Waals surface area (Å²) in [6, 6.07) is 3.30. The lowest BCUT2D eigenvalue weighted by molar-refractivity contribution is -0.121. The van der Waals surface area contributed by atoms with Crippen LogP contribution in [0.3, 0.4) is 0 Å². The van der Waals surface area contributed by atoms with E-state index in [0.717, 1.165) is 12.8 Å². The van der Waals surface area contributed by atoms with Gasteiger partial charge in [-0.05, 0) is 56.8 Å². The number of carbonyl (C=O) groups is 1. The van der Waals surface area contributed by atoms with Crippen molar-refractivity contribution in [3.8, 4) is 0 Å². The van der Waals surface area contributed by atoms with Gasteiger partial charge in [-0.3, -0.25) is 4.79 Å². The van der Waals surface area contributed by atoms with E-state index in [-0.39, 0.29) is 29.8 Å². The molecule has 0 aromatic heterocycles. The van der Waals surface area contributed by atoms with Crippen LogP contribution in [0.25, 0.3) is 0 Å². The average molecular weight is 441 g/mol. The van der Waals surface area contributed by atoms with Crippen molar-refractivity contribution in [3.05, 3.63) is 21.1 Å². The maximum atomic E-state index is 12.3. The molecule has 1 fully saturated rings. The van der Waals surface area contributed by atoms with Crippen molar-refractivity contribution in [1.82, 2.24) is 10.0 Å². The zero-order valence-corrected chi connectivity index (χ0v) is 15.0. The summed E-state index contributed by atoms with van der Waals surface area (Å²) in [5, 5.41) is 2.80. The molecule has 1 aliphatic rings. The van der Waals surface area contributed by atoms with Crippen molar-refractivity contribution in [3.63, 3.8) is 0 Å². The Morgan fingerprint density at radius 1 is 1.29 bits per heavy atom. The first-order chi connectivity index (χ1) is 9.79. The molecule has 9 heteroatoms. The van der Waals surface area contributed by atoms with Crippen molar-refractivity contribution >= 4 is 53.5 Å². The van der Waals surface area contributed by atoms with Gasteiger partial charge in [0, 0.05) is 33.6 Å². The third-order valence-corrected chi connectivity index (χ3v) is 6.21. The minimum absolute atomic E-state index is 0.0458. The Hall–Kier alpha value is -0.640. The van der Waals surface area contributed by atoms with E-state index in [1.165, 1.54) is 12.1 Å². The first-order valence-electron chi connectivity index (χ1n) is 6.33. The van der Waals surface area contributed by atoms with E-state index in [0.29, 0.717) is 14.6 Å². The number of nitrogen functional groups attached to an aromatic ring is 1. The van der Waals surface area contributed by atoms with Crippen LogP contribution in [0.2, 0.25) is 0 Å². The Morgan fingerprint density at radius 3 is 2.38 bits per heavy atom. The maximum absolute atomic E-state index is 12.3. The number of carbonyl (C=O) groups excluding carboxylic acids is 1. The van der Waals surface area contributed by atoms with Crippen LogP contribution in [-0.2, 0) is 14.8 Å². The highest BCUT2D eigenvalue weighted by Gasteiger charge is 2.24. The molecular weight excluding hydrogens is 426 g/mol. The fraction of sp³-hybridized carbons (Fsp3) is 0.417. The van der Waals surface area contributed by atoms with Gasteiger partial charge in [-0.15, -0.1) is 0 Å². The predicted molar refractivity (Wildman–Crippen MR) is 87.2 cm³/mol. The van der Waals surface area contributed by atoms with Gasteiger partial charge in [0.1, 0.15) is 4.90 Å². The molecular formula is C12H15Br2N3O3S. The highest BCUT2D eigenvalue weighted by Crippen LogP contribution is 2.32. The molecule has 1 aromatic carbocycles. The topological polar surface area (TPSA) is 101 Å². The Morgan fingerprint density at radius 2 is 1.86 bits per heavy atom. The number of amides is 1. The van der Waals surface area contributed by atoms with E-state index in [1.54, 1.807) is 0 Å². The Balaban J connectivity index is 1.99. The van der Waals surface area contributed by atoms with E-state index >= 15 is 0 Å². The second kappa shape index (κ2) is 6.64. The number of hydrogen-bond acceptors (Lipinski definition) is 4. The average Bonchev–Trinajstić information content (AvgIpc) is 3.10. The highest BCUT2D eigenvalue weighted by molar-refractivity contribution is 9.11. The molecule has 0 bridgehead atoms. The van der Waals surface area contributed by atoms with Crippen LogP contribution >= 0.6 is 31.9 Å². The quantitative estimate of drug-likeness (QED) is 0.586. The van der Waals surface area contributed by atoms with Crippen LogP contribution in [0.15, 0.2) is 26.0 Å². The molecule has 0 heterocycles. The fourth-order valence-electron chi connectivity index (χ4n) is 1.73. The van der Waals surface area contributed by atoms with E-state index in [2.05, 4.69) is 41.9 Å². The van der Waals surface area contributed by atoms with Crippen LogP contribution < -0.4 is 15.8 Å². The van der Waals surface area contributed by atoms with Crippen molar-refractivity contribution in [2.45, 2.75) is 30.2 Å². The standard InChI is InChI=1S/C12H15Br2N3O3S/c13-9-5-7(15)6-10(14)12(9)21(19,20)16-4-3-11(18)17-8-1-2-8/h5-6,8,16H,1-4,15H2,(H,17,18). The third-order valence-electron chi connectivity index (χ3n) is 2.88. The summed E-state index contributed by atoms with van der Waals surface area (Å²) in [5.74, 6) is -0.143. The third kappa shape index (κ3) is 4.67. The molecule has 1 aliphatic carbocycles. The number of anilines is 1. The van der Waals surface area contributed by atoms with Gasteiger partial charge in [0.05, 0.1) is 0 Å². The first-order valence-corrected chi connectivity index (χ1v) is 9.40. The summed E-state index contributed by atoms with van der Waals surface area (Å²) in [5.41, 5.74) is 6.08. The molecule has 4 N–H and O–H groups in total. The number of halogens is 2. The van der Waals surface area contributed by atoms with Crippen molar-refractivity contribution < 1.29 is 13.2 Å². The normalized spacial score (nSPS) is 15.0. The molecule has 0 radical (unpaired) electrons. The summed E-state index contributed by atoms with van der Waals surface area (Å²) < 4.78 is 27.7. The Bertz CT molecular complexity index is 637. The number of rotatable bonds is 6. The largest absolute Gasteiger partial charge is 0.399 e. The van der Waals surface area contributed by atoms with Gasteiger partial charge in [-0.25, -0.2) is 13.1 Å². The molecule has 0 unspecified atom stereocenters. The number of hydrogen-bond donors (Lipinski definition) is 3. The van der Waals surface area contributed by atoms with Crippen LogP contribution in [-0.4, -0.2) is 26.9 Å². The van der Waals surface area contributed by atoms with Gasteiger partial charge in [-0.1, -0.05) is 0 Å². The first kappa shape index (κ1) is 16.7. The lowest BCUT2D eigenvalue weighted by Gasteiger charge is -2.11. The molecule has 1 amide bonds. The number of benzene rings is 1. The summed E-state index contributed by atoms with van der Waals surface area (Å²) in [6.45, 7) is 0.0458. The van der Waals surface area contributed by atoms with Gasteiger partial charge in [-0.2, -0.15) is 0 Å². The molecule has 0 atom stereocenters. The summed E-state index contributed by atoms with van der Waals surface area (Å²) in [4.78, 5) is 11.6. The molecule has 0 saturated heterocycles. The molecule has 0 aliphatic heterocycles. The summed E-state index contributed by atoms with van der Waals surface area (Å²) in [7, 11) is -3.73. The van der Waals surface area contributed by atoms with Crippen molar-refractivity contribution in [1.29, 1.82) is 0 Å². The van der Waals surface area contributed by atoms with Crippen LogP contribution in [0.1, 0.15) is 19.3 Å². The van der Waals surface area contributed by atoms with Crippen LogP contribution in [0.5, 0.6) is 0 Å². The second-order valence-corrected chi connectivity index (χ2v) is 8.22. The second-order valence-electron chi connectivity index (χ2n) is 4.80. The van der Waals surface area contributed by atoms with Gasteiger partial charge >= 0.3 is 0 Å². The van der Waals surface area contributed by atoms with Gasteiger partial charge in [0.15, 0.2) is 0 Å². The maximum Gasteiger partial charge on any atom is 0.242 e. The molecule has 116 valence electrons. The van der Waals surface area contributed by atoms with E-state index in [4.69, 9.17) is 5.73 Å². The highest BCUT2D eigenvalue weighted by atomic mass is 79.9. The molecule has 6 nitrogen and oxygen atoms in total. The summed E-state index contributed by atoms with van der Waals surface area (Å²) >= 11 is 6.37. The van der Waals surface area contributed by atoms with E-state index in [1.807, 2.05) is 0 Å². The molecule has 0 spiro atoms. The minimum atomic E-state index is -3.73. The molecule has 21 heavy (non-hydrogen) atoms. The van der Waals surface area contributed by atoms with Crippen LogP contribution in [0.4, 0.5) is 5.69 Å². The SMILES string of the molecule is Nc1cc(Br)c(S(=O)(=O)NCCC(=O)NC2CC2)c(Br)c1. The number of nitrogens with two attached hydrogens (primary N) is 1. The van der Waals surface area contributed by atoms with Gasteiger partial charge < -0.3 is 11.1 Å². The number of sulfonamides is 1. The smallest absolute Gasteiger partial charge is 0.242 e. The van der Waals surface area contributed by atoms with Crippen molar-refractivity contribution in [2.24, 2.45) is 0 Å². The Kier molecular flexibility index (Phi) is 5.29. The minimum Gasteiger partial charge on any atom is -0.399 e. The number of nitrogens with one attached hydrogen (secondary N) is 2. The van der Waals surface area contributed by atoms with Gasteiger partial charge in [0.25, 0.3) is 0 Å². The van der Waals surface area contributed by atoms with E-state index < -0.39 is 10.0 Å². The zero-order chi connectivity index (χ0) is 15.6.